The maximum atomic E-state index is 12.9. The number of hydrogen-bond donors (Lipinski definition) is 0. The minimum atomic E-state index is -0.868. The first kappa shape index (κ1) is 10.6. The van der Waals surface area contributed by atoms with Gasteiger partial charge in [0.15, 0.2) is 17.4 Å². The lowest BCUT2D eigenvalue weighted by atomic mass is 10.2. The van der Waals surface area contributed by atoms with Gasteiger partial charge in [-0.3, -0.25) is 4.68 Å². The van der Waals surface area contributed by atoms with Gasteiger partial charge in [-0.25, -0.2) is 8.78 Å². The van der Waals surface area contributed by atoms with E-state index in [2.05, 4.69) is 5.10 Å². The van der Waals surface area contributed by atoms with Crippen LogP contribution in [0.3, 0.4) is 0 Å². The first-order valence-corrected chi connectivity index (χ1v) is 4.70. The van der Waals surface area contributed by atoms with Crippen molar-refractivity contribution in [2.45, 2.75) is 6.61 Å². The van der Waals surface area contributed by atoms with Crippen LogP contribution in [0.5, 0.6) is 5.75 Å². The van der Waals surface area contributed by atoms with Crippen molar-refractivity contribution in [3.05, 3.63) is 47.8 Å². The second-order valence-corrected chi connectivity index (χ2v) is 3.39. The molecule has 0 saturated carbocycles. The summed E-state index contributed by atoms with van der Waals surface area (Å²) >= 11 is 0. The third kappa shape index (κ3) is 2.36. The second-order valence-electron chi connectivity index (χ2n) is 3.39. The minimum absolute atomic E-state index is 0.183. The highest BCUT2D eigenvalue weighted by atomic mass is 19.2. The Morgan fingerprint density at radius 3 is 2.75 bits per heavy atom. The number of halogens is 2. The molecular weight excluding hydrogens is 214 g/mol. The van der Waals surface area contributed by atoms with E-state index in [4.69, 9.17) is 4.74 Å². The zero-order valence-electron chi connectivity index (χ0n) is 8.65. The van der Waals surface area contributed by atoms with Crippen molar-refractivity contribution < 1.29 is 13.5 Å². The molecule has 3 nitrogen and oxygen atoms in total. The molecule has 0 spiro atoms. The number of benzene rings is 1. The molecule has 0 aliphatic heterocycles. The summed E-state index contributed by atoms with van der Waals surface area (Å²) in [4.78, 5) is 0. The molecule has 2 aromatic rings. The van der Waals surface area contributed by atoms with Crippen LogP contribution in [0.1, 0.15) is 5.56 Å². The Morgan fingerprint density at radius 2 is 2.12 bits per heavy atom. The summed E-state index contributed by atoms with van der Waals surface area (Å²) in [5.74, 6) is -1.13. The lowest BCUT2D eigenvalue weighted by molar-refractivity contribution is 0.305. The van der Waals surface area contributed by atoms with Crippen molar-refractivity contribution in [3.63, 3.8) is 0 Å². The lowest BCUT2D eigenvalue weighted by Crippen LogP contribution is -1.96. The first-order chi connectivity index (χ1) is 7.65. The van der Waals surface area contributed by atoms with Crippen molar-refractivity contribution in [1.29, 1.82) is 0 Å². The number of aromatic nitrogens is 2. The van der Waals surface area contributed by atoms with Crippen LogP contribution in [-0.2, 0) is 13.7 Å². The van der Waals surface area contributed by atoms with Crippen molar-refractivity contribution in [2.24, 2.45) is 7.05 Å². The molecular formula is C11H10F2N2O. The zero-order chi connectivity index (χ0) is 11.5. The van der Waals surface area contributed by atoms with Crippen molar-refractivity contribution in [1.82, 2.24) is 9.78 Å². The summed E-state index contributed by atoms with van der Waals surface area (Å²) in [6.45, 7) is 0.183. The Hall–Kier alpha value is -1.91. The number of hydrogen-bond acceptors (Lipinski definition) is 2. The maximum Gasteiger partial charge on any atom is 0.159 e. The van der Waals surface area contributed by atoms with E-state index in [0.717, 1.165) is 12.1 Å². The molecule has 1 aromatic carbocycles. The molecule has 0 bridgehead atoms. The highest BCUT2D eigenvalue weighted by Gasteiger charge is 2.03. The predicted molar refractivity (Wildman–Crippen MR) is 53.9 cm³/mol. The van der Waals surface area contributed by atoms with Crippen LogP contribution in [0.2, 0.25) is 0 Å². The molecule has 0 N–H and O–H groups in total. The molecule has 0 atom stereocenters. The van der Waals surface area contributed by atoms with Gasteiger partial charge in [-0.15, -0.1) is 0 Å². The Morgan fingerprint density at radius 1 is 1.31 bits per heavy atom. The summed E-state index contributed by atoms with van der Waals surface area (Å²) in [6.07, 6.45) is 3.25. The standard InChI is InChI=1S/C11H10F2N2O/c1-15-6-9(5-14-15)16-7-8-2-3-10(12)11(13)4-8/h2-6H,7H2,1H3. The molecule has 0 fully saturated rings. The van der Waals surface area contributed by atoms with Gasteiger partial charge < -0.3 is 4.74 Å². The van der Waals surface area contributed by atoms with E-state index in [9.17, 15) is 8.78 Å². The van der Waals surface area contributed by atoms with Gasteiger partial charge in [-0.1, -0.05) is 6.07 Å². The van der Waals surface area contributed by atoms with E-state index < -0.39 is 11.6 Å². The molecule has 0 aliphatic rings. The van der Waals surface area contributed by atoms with Crippen LogP contribution in [0.4, 0.5) is 8.78 Å². The Balaban J connectivity index is 2.02. The van der Waals surface area contributed by atoms with Crippen LogP contribution in [0.25, 0.3) is 0 Å². The van der Waals surface area contributed by atoms with Crippen molar-refractivity contribution in [3.8, 4) is 5.75 Å². The number of aryl methyl sites for hydroxylation is 1. The topological polar surface area (TPSA) is 27.1 Å². The highest BCUT2D eigenvalue weighted by molar-refractivity contribution is 5.18. The van der Waals surface area contributed by atoms with E-state index in [-0.39, 0.29) is 6.61 Å². The normalized spacial score (nSPS) is 10.4. The van der Waals surface area contributed by atoms with Gasteiger partial charge in [0.25, 0.3) is 0 Å². The third-order valence-corrected chi connectivity index (χ3v) is 2.07. The molecule has 0 aliphatic carbocycles. The quantitative estimate of drug-likeness (QED) is 0.799. The smallest absolute Gasteiger partial charge is 0.159 e. The molecule has 1 heterocycles. The van der Waals surface area contributed by atoms with Gasteiger partial charge in [0, 0.05) is 7.05 Å². The monoisotopic (exact) mass is 224 g/mol. The van der Waals surface area contributed by atoms with Gasteiger partial charge in [-0.05, 0) is 17.7 Å². The number of ether oxygens (including phenoxy) is 1. The average molecular weight is 224 g/mol. The summed E-state index contributed by atoms with van der Waals surface area (Å²) in [5.41, 5.74) is 0.572. The summed E-state index contributed by atoms with van der Waals surface area (Å²) < 4.78 is 32.4. The summed E-state index contributed by atoms with van der Waals surface area (Å²) in [5, 5.41) is 3.92. The maximum absolute atomic E-state index is 12.9. The van der Waals surface area contributed by atoms with Gasteiger partial charge in [0.1, 0.15) is 6.61 Å². The fourth-order valence-electron chi connectivity index (χ4n) is 1.27. The summed E-state index contributed by atoms with van der Waals surface area (Å²) in [7, 11) is 1.77. The van der Waals surface area contributed by atoms with E-state index in [0.29, 0.717) is 11.3 Å². The molecule has 5 heteroatoms. The SMILES string of the molecule is Cn1cc(OCc2ccc(F)c(F)c2)cn1. The predicted octanol–water partition coefficient (Wildman–Crippen LogP) is 2.28. The molecule has 2 rings (SSSR count). The van der Waals surface area contributed by atoms with E-state index in [1.165, 1.54) is 6.07 Å². The number of rotatable bonds is 3. The number of nitrogens with zero attached hydrogens (tertiary/aromatic N) is 2. The first-order valence-electron chi connectivity index (χ1n) is 4.70. The molecule has 0 amide bonds. The third-order valence-electron chi connectivity index (χ3n) is 2.07. The van der Waals surface area contributed by atoms with Gasteiger partial charge >= 0.3 is 0 Å². The van der Waals surface area contributed by atoms with E-state index >= 15 is 0 Å². The highest BCUT2D eigenvalue weighted by Crippen LogP contribution is 2.13. The Labute approximate surface area is 91.3 Å². The second kappa shape index (κ2) is 4.30. The molecule has 0 radical (unpaired) electrons. The van der Waals surface area contributed by atoms with E-state index in [1.54, 1.807) is 24.1 Å². The lowest BCUT2D eigenvalue weighted by Gasteiger charge is -2.03. The minimum Gasteiger partial charge on any atom is -0.486 e. The Kier molecular flexibility index (Phi) is 2.85. The average Bonchev–Trinajstić information content (AvgIpc) is 2.66. The fourth-order valence-corrected chi connectivity index (χ4v) is 1.27. The fraction of sp³-hybridized carbons (Fsp3) is 0.182. The van der Waals surface area contributed by atoms with Crippen LogP contribution in [0, 0.1) is 11.6 Å². The van der Waals surface area contributed by atoms with E-state index in [1.807, 2.05) is 0 Å². The van der Waals surface area contributed by atoms with Crippen LogP contribution in [-0.4, -0.2) is 9.78 Å². The van der Waals surface area contributed by atoms with Crippen LogP contribution in [0.15, 0.2) is 30.6 Å². The molecule has 16 heavy (non-hydrogen) atoms. The Bertz CT molecular complexity index is 496. The largest absolute Gasteiger partial charge is 0.486 e. The molecule has 1 aromatic heterocycles. The van der Waals surface area contributed by atoms with Crippen LogP contribution >= 0.6 is 0 Å². The van der Waals surface area contributed by atoms with Crippen LogP contribution < -0.4 is 4.74 Å². The van der Waals surface area contributed by atoms with Gasteiger partial charge in [-0.2, -0.15) is 5.10 Å². The summed E-state index contributed by atoms with van der Waals surface area (Å²) in [6, 6.07) is 3.68. The zero-order valence-corrected chi connectivity index (χ0v) is 8.65. The molecule has 84 valence electrons. The molecule has 0 unspecified atom stereocenters. The molecule has 0 saturated heterocycles. The van der Waals surface area contributed by atoms with Gasteiger partial charge in [0.05, 0.1) is 12.4 Å². The van der Waals surface area contributed by atoms with Crippen molar-refractivity contribution >= 4 is 0 Å². The van der Waals surface area contributed by atoms with Crippen molar-refractivity contribution in [2.75, 3.05) is 0 Å². The van der Waals surface area contributed by atoms with Gasteiger partial charge in [0.2, 0.25) is 0 Å².